The minimum Gasteiger partial charge on any atom is -0.472 e. The first-order valence-electron chi connectivity index (χ1n) is 12.6. The number of halogens is 2. The molecule has 0 bridgehead atoms. The molecule has 39 heavy (non-hydrogen) atoms. The second-order valence-electron chi connectivity index (χ2n) is 10.0. The van der Waals surface area contributed by atoms with Crippen molar-refractivity contribution in [3.05, 3.63) is 88.3 Å². The van der Waals surface area contributed by atoms with Crippen molar-refractivity contribution in [3.63, 3.8) is 0 Å². The van der Waals surface area contributed by atoms with Crippen LogP contribution in [0.3, 0.4) is 0 Å². The summed E-state index contributed by atoms with van der Waals surface area (Å²) < 4.78 is 53.7. The molecule has 0 aliphatic heterocycles. The van der Waals surface area contributed by atoms with Gasteiger partial charge in [-0.25, -0.2) is 27.5 Å². The summed E-state index contributed by atoms with van der Waals surface area (Å²) in [7, 11) is -3.38. The normalized spacial score (nSPS) is 19.4. The Morgan fingerprint density at radius 1 is 1.21 bits per heavy atom. The lowest BCUT2D eigenvalue weighted by molar-refractivity contribution is 0.296. The van der Waals surface area contributed by atoms with E-state index in [1.54, 1.807) is 6.07 Å². The van der Waals surface area contributed by atoms with Crippen LogP contribution in [0, 0.1) is 12.7 Å². The van der Waals surface area contributed by atoms with Gasteiger partial charge in [-0.05, 0) is 55.9 Å². The average Bonchev–Trinajstić information content (AvgIpc) is 3.63. The van der Waals surface area contributed by atoms with Crippen molar-refractivity contribution in [2.24, 2.45) is 0 Å². The van der Waals surface area contributed by atoms with E-state index in [1.807, 2.05) is 43.3 Å². The molecular weight excluding hydrogens is 561 g/mol. The zero-order valence-corrected chi connectivity index (χ0v) is 24.0. The summed E-state index contributed by atoms with van der Waals surface area (Å²) >= 11 is 7.36. The monoisotopic (exact) mass is 589 g/mol. The highest BCUT2D eigenvalue weighted by Crippen LogP contribution is 2.45. The number of aryl methyl sites for hydroxylation is 1. The quantitative estimate of drug-likeness (QED) is 0.223. The van der Waals surface area contributed by atoms with Crippen LogP contribution in [0.25, 0.3) is 10.4 Å². The third-order valence-electron chi connectivity index (χ3n) is 6.87. The van der Waals surface area contributed by atoms with Gasteiger partial charge in [0, 0.05) is 11.6 Å². The number of sulfonamides is 1. The number of ether oxygens (including phenoxy) is 1. The van der Waals surface area contributed by atoms with Gasteiger partial charge in [-0.1, -0.05) is 36.4 Å². The molecule has 0 amide bonds. The van der Waals surface area contributed by atoms with E-state index in [1.165, 1.54) is 23.7 Å². The fourth-order valence-corrected chi connectivity index (χ4v) is 7.03. The van der Waals surface area contributed by atoms with Crippen LogP contribution in [0.1, 0.15) is 47.0 Å². The highest BCUT2D eigenvalue weighted by molar-refractivity contribution is 7.88. The van der Waals surface area contributed by atoms with Crippen LogP contribution >= 0.6 is 22.9 Å². The van der Waals surface area contributed by atoms with E-state index in [0.29, 0.717) is 60.2 Å². The lowest BCUT2D eigenvalue weighted by atomic mass is 9.79. The largest absolute Gasteiger partial charge is 0.472 e. The van der Waals surface area contributed by atoms with Gasteiger partial charge in [-0.3, -0.25) is 0 Å². The number of benzene rings is 2. The molecule has 5 rings (SSSR count). The van der Waals surface area contributed by atoms with Crippen LogP contribution in [-0.4, -0.2) is 30.7 Å². The van der Waals surface area contributed by atoms with E-state index in [4.69, 9.17) is 20.8 Å². The summed E-state index contributed by atoms with van der Waals surface area (Å²) in [4.78, 5) is 9.75. The average molecular weight is 590 g/mol. The summed E-state index contributed by atoms with van der Waals surface area (Å²) in [5.41, 5.74) is 2.32. The molecule has 2 aromatic heterocycles. The number of rotatable bonds is 10. The lowest BCUT2D eigenvalue weighted by Gasteiger charge is -2.26. The van der Waals surface area contributed by atoms with Crippen LogP contribution in [0.5, 0.6) is 5.88 Å². The lowest BCUT2D eigenvalue weighted by Crippen LogP contribution is -2.35. The standard InChI is InChI=1S/C28H29ClFN3O4S2/c1-18-31-26(36-16-19-6-4-3-5-7-19)25(38-18)23-12-20(8-9-24(23)30)13-28(27-32-22(15-29)17-37-27)11-10-21(14-28)33-39(2,34)35/h3-9,12,17,21,33H,10-11,13-16H2,1-2H3/t21-,28+/m0/s1. The summed E-state index contributed by atoms with van der Waals surface area (Å²) in [5.74, 6) is 0.749. The van der Waals surface area contributed by atoms with Crippen LogP contribution in [-0.2, 0) is 34.3 Å². The highest BCUT2D eigenvalue weighted by atomic mass is 35.5. The number of hydrogen-bond acceptors (Lipinski definition) is 7. The second kappa shape index (κ2) is 11.4. The third kappa shape index (κ3) is 6.51. The van der Waals surface area contributed by atoms with Gasteiger partial charge >= 0.3 is 0 Å². The predicted molar refractivity (Wildman–Crippen MR) is 150 cm³/mol. The van der Waals surface area contributed by atoms with Gasteiger partial charge < -0.3 is 9.15 Å². The van der Waals surface area contributed by atoms with E-state index >= 15 is 4.39 Å². The van der Waals surface area contributed by atoms with Gasteiger partial charge in [0.1, 0.15) is 23.6 Å². The van der Waals surface area contributed by atoms with Crippen molar-refractivity contribution in [1.82, 2.24) is 14.7 Å². The molecule has 1 N–H and O–H groups in total. The van der Waals surface area contributed by atoms with Crippen LogP contribution in [0.2, 0.25) is 0 Å². The fourth-order valence-electron chi connectivity index (χ4n) is 5.22. The van der Waals surface area contributed by atoms with E-state index < -0.39 is 15.4 Å². The van der Waals surface area contributed by atoms with Crippen molar-refractivity contribution < 1.29 is 22.0 Å². The van der Waals surface area contributed by atoms with Crippen LogP contribution in [0.15, 0.2) is 59.2 Å². The van der Waals surface area contributed by atoms with Gasteiger partial charge in [0.05, 0.1) is 28.3 Å². The zero-order chi connectivity index (χ0) is 27.6. The number of nitrogens with zero attached hydrogens (tertiary/aromatic N) is 2. The third-order valence-corrected chi connectivity index (χ3v) is 8.89. The fraction of sp³-hybridized carbons (Fsp3) is 0.357. The van der Waals surface area contributed by atoms with E-state index in [9.17, 15) is 8.42 Å². The summed E-state index contributed by atoms with van der Waals surface area (Å²) in [5, 5.41) is 0.771. The molecule has 7 nitrogen and oxygen atoms in total. The van der Waals surface area contributed by atoms with Gasteiger partial charge in [-0.15, -0.1) is 22.9 Å². The van der Waals surface area contributed by atoms with Crippen molar-refractivity contribution in [3.8, 4) is 16.3 Å². The minimum absolute atomic E-state index is 0.210. The van der Waals surface area contributed by atoms with Crippen molar-refractivity contribution >= 4 is 33.0 Å². The molecule has 0 saturated heterocycles. The zero-order valence-electron chi connectivity index (χ0n) is 21.6. The number of hydrogen-bond donors (Lipinski definition) is 1. The number of oxazole rings is 1. The topological polar surface area (TPSA) is 94.3 Å². The Bertz CT molecular complexity index is 1560. The Labute approximate surface area is 236 Å². The second-order valence-corrected chi connectivity index (χ2v) is 13.3. The molecule has 2 heterocycles. The van der Waals surface area contributed by atoms with Gasteiger partial charge in [0.2, 0.25) is 21.8 Å². The highest BCUT2D eigenvalue weighted by Gasteiger charge is 2.45. The Morgan fingerprint density at radius 3 is 2.72 bits per heavy atom. The van der Waals surface area contributed by atoms with E-state index in [0.717, 1.165) is 22.4 Å². The molecule has 4 aromatic rings. The molecule has 2 aromatic carbocycles. The van der Waals surface area contributed by atoms with Crippen molar-refractivity contribution in [1.29, 1.82) is 0 Å². The smallest absolute Gasteiger partial charge is 0.233 e. The molecule has 0 radical (unpaired) electrons. The minimum atomic E-state index is -3.38. The molecular formula is C28H29ClFN3O4S2. The Morgan fingerprint density at radius 2 is 2.00 bits per heavy atom. The molecule has 2 atom stereocenters. The molecule has 206 valence electrons. The van der Waals surface area contributed by atoms with E-state index in [2.05, 4.69) is 14.7 Å². The van der Waals surface area contributed by atoms with Crippen LogP contribution < -0.4 is 9.46 Å². The first-order valence-corrected chi connectivity index (χ1v) is 15.8. The molecule has 1 aliphatic rings. The Balaban J connectivity index is 1.46. The summed E-state index contributed by atoms with van der Waals surface area (Å²) in [6.45, 7) is 2.19. The summed E-state index contributed by atoms with van der Waals surface area (Å²) in [6, 6.07) is 14.5. The van der Waals surface area contributed by atoms with Gasteiger partial charge in [-0.2, -0.15) is 0 Å². The maximum atomic E-state index is 15.2. The first kappa shape index (κ1) is 27.8. The number of alkyl halides is 1. The molecule has 0 unspecified atom stereocenters. The number of nitrogens with one attached hydrogen (secondary N) is 1. The van der Waals surface area contributed by atoms with Crippen LogP contribution in [0.4, 0.5) is 4.39 Å². The molecule has 1 saturated carbocycles. The Kier molecular flexibility index (Phi) is 8.09. The maximum absolute atomic E-state index is 15.2. The SMILES string of the molecule is Cc1nc(OCc2ccccc2)c(-c2cc(C[C@]3(c4nc(CCl)co4)CC[C@H](NS(C)(=O)=O)C3)ccc2F)s1. The molecule has 0 spiro atoms. The predicted octanol–water partition coefficient (Wildman–Crippen LogP) is 6.15. The molecule has 11 heteroatoms. The first-order chi connectivity index (χ1) is 18.6. The Hall–Kier alpha value is -2.79. The molecule has 1 fully saturated rings. The number of aromatic nitrogens is 2. The summed E-state index contributed by atoms with van der Waals surface area (Å²) in [6.07, 6.45) is 4.96. The number of thiazole rings is 1. The van der Waals surface area contributed by atoms with Crippen molar-refractivity contribution in [2.45, 2.75) is 56.6 Å². The van der Waals surface area contributed by atoms with E-state index in [-0.39, 0.29) is 17.7 Å². The maximum Gasteiger partial charge on any atom is 0.233 e. The van der Waals surface area contributed by atoms with Gasteiger partial charge in [0.25, 0.3) is 0 Å². The van der Waals surface area contributed by atoms with Crippen molar-refractivity contribution in [2.75, 3.05) is 6.26 Å². The molecule has 1 aliphatic carbocycles. The van der Waals surface area contributed by atoms with Gasteiger partial charge in [0.15, 0.2) is 0 Å².